The topological polar surface area (TPSA) is 55.1 Å². The molecule has 104 valence electrons. The summed E-state index contributed by atoms with van der Waals surface area (Å²) < 4.78 is 0. The lowest BCUT2D eigenvalue weighted by Gasteiger charge is -2.34. The van der Waals surface area contributed by atoms with Crippen molar-refractivity contribution >= 4 is 5.91 Å². The first kappa shape index (κ1) is 13.9. The van der Waals surface area contributed by atoms with Crippen LogP contribution in [-0.2, 0) is 4.79 Å². The van der Waals surface area contributed by atoms with Gasteiger partial charge < -0.3 is 11.1 Å². The van der Waals surface area contributed by atoms with Crippen molar-refractivity contribution in [1.82, 2.24) is 5.32 Å². The molecular weight excluding hydrogens is 224 g/mol. The summed E-state index contributed by atoms with van der Waals surface area (Å²) >= 11 is 0. The number of amides is 1. The SMILES string of the molecule is CC1CCCC(N)C1C(=O)NC(C)C1CCCC1. The molecule has 2 saturated carbocycles. The highest BCUT2D eigenvalue weighted by Crippen LogP contribution is 2.31. The third-order valence-electron chi connectivity index (χ3n) is 5.05. The van der Waals surface area contributed by atoms with Crippen molar-refractivity contribution in [3.63, 3.8) is 0 Å². The molecule has 2 aliphatic rings. The van der Waals surface area contributed by atoms with Crippen molar-refractivity contribution < 1.29 is 4.79 Å². The van der Waals surface area contributed by atoms with Crippen LogP contribution in [0.2, 0.25) is 0 Å². The summed E-state index contributed by atoms with van der Waals surface area (Å²) in [6.45, 7) is 4.33. The van der Waals surface area contributed by atoms with E-state index in [2.05, 4.69) is 19.2 Å². The maximum Gasteiger partial charge on any atom is 0.225 e. The van der Waals surface area contributed by atoms with Crippen LogP contribution in [0.15, 0.2) is 0 Å². The molecule has 3 heteroatoms. The van der Waals surface area contributed by atoms with Gasteiger partial charge in [-0.2, -0.15) is 0 Å². The molecule has 3 nitrogen and oxygen atoms in total. The Morgan fingerprint density at radius 2 is 1.83 bits per heavy atom. The Kier molecular flexibility index (Phi) is 4.66. The molecule has 4 unspecified atom stereocenters. The van der Waals surface area contributed by atoms with Crippen molar-refractivity contribution in [3.8, 4) is 0 Å². The molecule has 2 fully saturated rings. The second-order valence-electron chi connectivity index (χ2n) is 6.44. The van der Waals surface area contributed by atoms with Gasteiger partial charge >= 0.3 is 0 Å². The van der Waals surface area contributed by atoms with Gasteiger partial charge in [-0.25, -0.2) is 0 Å². The van der Waals surface area contributed by atoms with E-state index in [1.165, 1.54) is 32.1 Å². The smallest absolute Gasteiger partial charge is 0.225 e. The van der Waals surface area contributed by atoms with E-state index in [1.807, 2.05) is 0 Å². The number of hydrogen-bond donors (Lipinski definition) is 2. The Hall–Kier alpha value is -0.570. The zero-order chi connectivity index (χ0) is 13.1. The van der Waals surface area contributed by atoms with Gasteiger partial charge in [0.15, 0.2) is 0 Å². The van der Waals surface area contributed by atoms with E-state index >= 15 is 0 Å². The van der Waals surface area contributed by atoms with Gasteiger partial charge in [0.25, 0.3) is 0 Å². The lowest BCUT2D eigenvalue weighted by Crippen LogP contribution is -2.50. The molecule has 0 aliphatic heterocycles. The van der Waals surface area contributed by atoms with Crippen LogP contribution in [0, 0.1) is 17.8 Å². The molecule has 0 heterocycles. The molecule has 0 aromatic rings. The average molecular weight is 252 g/mol. The number of rotatable bonds is 3. The van der Waals surface area contributed by atoms with Crippen LogP contribution in [0.25, 0.3) is 0 Å². The summed E-state index contributed by atoms with van der Waals surface area (Å²) in [5.74, 6) is 1.35. The summed E-state index contributed by atoms with van der Waals surface area (Å²) in [6, 6.07) is 0.380. The molecule has 0 aromatic carbocycles. The van der Waals surface area contributed by atoms with E-state index in [-0.39, 0.29) is 17.9 Å². The van der Waals surface area contributed by atoms with Crippen molar-refractivity contribution in [2.24, 2.45) is 23.5 Å². The van der Waals surface area contributed by atoms with Crippen LogP contribution in [0.1, 0.15) is 58.8 Å². The lowest BCUT2D eigenvalue weighted by molar-refractivity contribution is -0.129. The van der Waals surface area contributed by atoms with Crippen molar-refractivity contribution in [1.29, 1.82) is 0 Å². The molecule has 0 radical (unpaired) electrons. The molecule has 0 saturated heterocycles. The zero-order valence-electron chi connectivity index (χ0n) is 11.8. The second-order valence-corrected chi connectivity index (χ2v) is 6.44. The zero-order valence-corrected chi connectivity index (χ0v) is 11.8. The fraction of sp³-hybridized carbons (Fsp3) is 0.933. The maximum absolute atomic E-state index is 12.4. The Balaban J connectivity index is 1.89. The van der Waals surface area contributed by atoms with Gasteiger partial charge in [-0.15, -0.1) is 0 Å². The third-order valence-corrected chi connectivity index (χ3v) is 5.05. The van der Waals surface area contributed by atoms with Crippen LogP contribution in [0.5, 0.6) is 0 Å². The first-order valence-electron chi connectivity index (χ1n) is 7.65. The minimum absolute atomic E-state index is 0.0302. The van der Waals surface area contributed by atoms with Gasteiger partial charge in [0.2, 0.25) is 5.91 Å². The molecular formula is C15H28N2O. The maximum atomic E-state index is 12.4. The summed E-state index contributed by atoms with van der Waals surface area (Å²) in [7, 11) is 0. The van der Waals surface area contributed by atoms with E-state index in [1.54, 1.807) is 0 Å². The molecule has 4 atom stereocenters. The van der Waals surface area contributed by atoms with Gasteiger partial charge in [-0.05, 0) is 44.4 Å². The van der Waals surface area contributed by atoms with Gasteiger partial charge in [-0.1, -0.05) is 26.2 Å². The van der Waals surface area contributed by atoms with Crippen molar-refractivity contribution in [2.75, 3.05) is 0 Å². The summed E-state index contributed by atoms with van der Waals surface area (Å²) in [5.41, 5.74) is 6.14. The summed E-state index contributed by atoms with van der Waals surface area (Å²) in [5, 5.41) is 3.23. The standard InChI is InChI=1S/C15H28N2O/c1-10-6-5-9-13(16)14(10)15(18)17-11(2)12-7-3-4-8-12/h10-14H,3-9,16H2,1-2H3,(H,17,18). The van der Waals surface area contributed by atoms with E-state index in [4.69, 9.17) is 5.73 Å². The van der Waals surface area contributed by atoms with Crippen molar-refractivity contribution in [2.45, 2.75) is 70.9 Å². The predicted octanol–water partition coefficient (Wildman–Crippen LogP) is 2.44. The fourth-order valence-corrected chi connectivity index (χ4v) is 3.81. The Labute approximate surface area is 111 Å². The van der Waals surface area contributed by atoms with Gasteiger partial charge in [-0.3, -0.25) is 4.79 Å². The predicted molar refractivity (Wildman–Crippen MR) is 74.0 cm³/mol. The molecule has 2 rings (SSSR count). The molecule has 0 bridgehead atoms. The minimum atomic E-state index is 0.0302. The molecule has 3 N–H and O–H groups in total. The van der Waals surface area contributed by atoms with Crippen LogP contribution in [0.3, 0.4) is 0 Å². The van der Waals surface area contributed by atoms with Gasteiger partial charge in [0, 0.05) is 12.1 Å². The van der Waals surface area contributed by atoms with Crippen LogP contribution in [-0.4, -0.2) is 18.0 Å². The number of carbonyl (C=O) groups excluding carboxylic acids is 1. The first-order chi connectivity index (χ1) is 8.59. The molecule has 0 spiro atoms. The largest absolute Gasteiger partial charge is 0.353 e. The van der Waals surface area contributed by atoms with Crippen LogP contribution >= 0.6 is 0 Å². The number of nitrogens with two attached hydrogens (primary N) is 1. The Bertz CT molecular complexity index is 276. The molecule has 18 heavy (non-hydrogen) atoms. The Morgan fingerprint density at radius 3 is 2.44 bits per heavy atom. The fourth-order valence-electron chi connectivity index (χ4n) is 3.81. The quantitative estimate of drug-likeness (QED) is 0.810. The summed E-state index contributed by atoms with van der Waals surface area (Å²) in [6.07, 6.45) is 8.50. The first-order valence-corrected chi connectivity index (χ1v) is 7.65. The third kappa shape index (κ3) is 3.05. The highest BCUT2D eigenvalue weighted by Gasteiger charge is 2.35. The number of hydrogen-bond acceptors (Lipinski definition) is 2. The van der Waals surface area contributed by atoms with E-state index in [9.17, 15) is 4.79 Å². The van der Waals surface area contributed by atoms with E-state index in [0.717, 1.165) is 12.8 Å². The minimum Gasteiger partial charge on any atom is -0.353 e. The van der Waals surface area contributed by atoms with Gasteiger partial charge in [0.1, 0.15) is 0 Å². The average Bonchev–Trinajstić information content (AvgIpc) is 2.81. The number of carbonyl (C=O) groups is 1. The Morgan fingerprint density at radius 1 is 1.17 bits per heavy atom. The van der Waals surface area contributed by atoms with Crippen molar-refractivity contribution in [3.05, 3.63) is 0 Å². The highest BCUT2D eigenvalue weighted by atomic mass is 16.2. The normalized spacial score (nSPS) is 35.4. The van der Waals surface area contributed by atoms with Crippen LogP contribution < -0.4 is 11.1 Å². The van der Waals surface area contributed by atoms with Crippen LogP contribution in [0.4, 0.5) is 0 Å². The summed E-state index contributed by atoms with van der Waals surface area (Å²) in [4.78, 5) is 12.4. The number of nitrogens with one attached hydrogen (secondary N) is 1. The molecule has 1 amide bonds. The van der Waals surface area contributed by atoms with Gasteiger partial charge in [0.05, 0.1) is 5.92 Å². The lowest BCUT2D eigenvalue weighted by atomic mass is 9.76. The highest BCUT2D eigenvalue weighted by molar-refractivity contribution is 5.80. The monoisotopic (exact) mass is 252 g/mol. The second kappa shape index (κ2) is 6.05. The van der Waals surface area contributed by atoms with E-state index in [0.29, 0.717) is 17.9 Å². The van der Waals surface area contributed by atoms with E-state index < -0.39 is 0 Å². The molecule has 0 aromatic heterocycles. The molecule has 2 aliphatic carbocycles.